The first-order valence-corrected chi connectivity index (χ1v) is 12.8. The highest BCUT2D eigenvalue weighted by molar-refractivity contribution is 5.66. The molecule has 1 aliphatic rings. The number of pyridine rings is 1. The molecule has 0 aliphatic carbocycles. The normalized spacial score (nSPS) is 12.6. The fraction of sp³-hybridized carbons (Fsp3) is 0.276. The van der Waals surface area contributed by atoms with E-state index in [4.69, 9.17) is 19.5 Å². The molecule has 1 aliphatic heterocycles. The summed E-state index contributed by atoms with van der Waals surface area (Å²) < 4.78 is 16.0. The van der Waals surface area contributed by atoms with Crippen LogP contribution in [0.2, 0.25) is 0 Å². The van der Waals surface area contributed by atoms with Crippen molar-refractivity contribution in [2.24, 2.45) is 0 Å². The zero-order valence-corrected chi connectivity index (χ0v) is 23.0. The molecule has 5 rings (SSSR count). The van der Waals surface area contributed by atoms with Crippen molar-refractivity contribution in [3.05, 3.63) is 78.1 Å². The molecule has 0 bridgehead atoms. The Kier molecular flexibility index (Phi) is 9.92. The SMILES string of the molecule is COc1ccc(Nc2ccnc(Nc3ccc(N4CCOCC4)nc3)n2)c(OC)c1.Cc1cccc(C)c1OO.[HH]. The largest absolute Gasteiger partial charge is 0.497 e. The predicted molar refractivity (Wildman–Crippen MR) is 157 cm³/mol. The van der Waals surface area contributed by atoms with Gasteiger partial charge in [-0.15, -0.1) is 0 Å². The third-order valence-electron chi connectivity index (χ3n) is 6.17. The Hall–Kier alpha value is -4.61. The molecule has 0 saturated carbocycles. The van der Waals surface area contributed by atoms with Gasteiger partial charge in [-0.25, -0.2) is 15.2 Å². The molecule has 1 fully saturated rings. The lowest BCUT2D eigenvalue weighted by molar-refractivity contribution is -0.138. The lowest BCUT2D eigenvalue weighted by Crippen LogP contribution is -2.36. The molecule has 4 aromatic rings. The number of anilines is 5. The van der Waals surface area contributed by atoms with E-state index >= 15 is 0 Å². The standard InChI is InChI=1S/C21H24N6O3.C8H10O2.H2/c1-28-16-4-5-17(18(13-16)29-2)25-19-7-8-22-21(26-19)24-15-3-6-20(23-14-15)27-9-11-30-12-10-27;1-6-4-3-5-7(2)8(6)10-9;/h3-8,13-14H,9-12H2,1-2H3,(H2,22,24,25,26);3-5,9H,1-2H3;1H. The van der Waals surface area contributed by atoms with Crippen molar-refractivity contribution in [1.82, 2.24) is 15.0 Å². The van der Waals surface area contributed by atoms with Gasteiger partial charge in [0, 0.05) is 26.8 Å². The van der Waals surface area contributed by atoms with Crippen LogP contribution < -0.4 is 29.9 Å². The third-order valence-corrected chi connectivity index (χ3v) is 6.17. The number of aromatic nitrogens is 3. The van der Waals surface area contributed by atoms with Crippen LogP contribution in [0.1, 0.15) is 12.6 Å². The van der Waals surface area contributed by atoms with Crippen molar-refractivity contribution in [3.63, 3.8) is 0 Å². The van der Waals surface area contributed by atoms with Crippen LogP contribution in [0.4, 0.5) is 29.0 Å². The molecular formula is C29H36N6O5. The minimum Gasteiger partial charge on any atom is -0.497 e. The number of methoxy groups -OCH3 is 2. The van der Waals surface area contributed by atoms with Crippen LogP contribution in [0.5, 0.6) is 17.2 Å². The van der Waals surface area contributed by atoms with Crippen molar-refractivity contribution >= 4 is 29.0 Å². The maximum atomic E-state index is 8.40. The Morgan fingerprint density at radius 3 is 2.33 bits per heavy atom. The minimum absolute atomic E-state index is 0. The van der Waals surface area contributed by atoms with Gasteiger partial charge in [0.05, 0.1) is 45.0 Å². The minimum atomic E-state index is 0. The molecule has 40 heavy (non-hydrogen) atoms. The number of nitrogens with one attached hydrogen (secondary N) is 2. The number of ether oxygens (including phenoxy) is 3. The number of para-hydroxylation sites is 1. The molecule has 3 heterocycles. The lowest BCUT2D eigenvalue weighted by Gasteiger charge is -2.27. The molecule has 1 saturated heterocycles. The van der Waals surface area contributed by atoms with Gasteiger partial charge in [0.2, 0.25) is 5.95 Å². The Bertz CT molecular complexity index is 1370. The summed E-state index contributed by atoms with van der Waals surface area (Å²) in [6.07, 6.45) is 3.46. The van der Waals surface area contributed by atoms with Gasteiger partial charge in [0.15, 0.2) is 5.75 Å². The molecule has 2 aromatic heterocycles. The van der Waals surface area contributed by atoms with E-state index in [1.807, 2.05) is 62.4 Å². The van der Waals surface area contributed by atoms with Crippen LogP contribution in [-0.2, 0) is 4.74 Å². The topological polar surface area (TPSA) is 123 Å². The number of aryl methyl sites for hydroxylation is 2. The van der Waals surface area contributed by atoms with Crippen molar-refractivity contribution in [2.75, 3.05) is 56.1 Å². The van der Waals surface area contributed by atoms with E-state index < -0.39 is 0 Å². The summed E-state index contributed by atoms with van der Waals surface area (Å²) in [5.41, 5.74) is 3.48. The smallest absolute Gasteiger partial charge is 0.229 e. The molecule has 3 N–H and O–H groups in total. The summed E-state index contributed by atoms with van der Waals surface area (Å²) in [5.74, 6) is 3.97. The fourth-order valence-electron chi connectivity index (χ4n) is 4.04. The maximum Gasteiger partial charge on any atom is 0.229 e. The molecule has 0 radical (unpaired) electrons. The van der Waals surface area contributed by atoms with Gasteiger partial charge >= 0.3 is 0 Å². The Labute approximate surface area is 235 Å². The van der Waals surface area contributed by atoms with Crippen molar-refractivity contribution in [1.29, 1.82) is 0 Å². The molecule has 11 heteroatoms. The summed E-state index contributed by atoms with van der Waals surface area (Å²) in [7, 11) is 3.23. The zero-order chi connectivity index (χ0) is 28.3. The number of hydrogen-bond donors (Lipinski definition) is 3. The maximum absolute atomic E-state index is 8.40. The quantitative estimate of drug-likeness (QED) is 0.188. The lowest BCUT2D eigenvalue weighted by atomic mass is 10.1. The van der Waals surface area contributed by atoms with E-state index in [1.54, 1.807) is 32.7 Å². The first kappa shape index (κ1) is 28.4. The molecule has 212 valence electrons. The molecule has 11 nitrogen and oxygen atoms in total. The van der Waals surface area contributed by atoms with E-state index in [-0.39, 0.29) is 1.43 Å². The highest BCUT2D eigenvalue weighted by Gasteiger charge is 2.12. The highest BCUT2D eigenvalue weighted by atomic mass is 17.1. The Morgan fingerprint density at radius 2 is 1.70 bits per heavy atom. The van der Waals surface area contributed by atoms with Crippen LogP contribution in [-0.4, -0.2) is 60.7 Å². The van der Waals surface area contributed by atoms with Crippen molar-refractivity contribution in [2.45, 2.75) is 13.8 Å². The van der Waals surface area contributed by atoms with Crippen LogP contribution in [0.25, 0.3) is 0 Å². The Morgan fingerprint density at radius 1 is 0.925 bits per heavy atom. The van der Waals surface area contributed by atoms with E-state index in [2.05, 4.69) is 35.4 Å². The number of nitrogens with zero attached hydrogens (tertiary/aromatic N) is 4. The van der Waals surface area contributed by atoms with Crippen LogP contribution in [0, 0.1) is 13.8 Å². The summed E-state index contributed by atoms with van der Waals surface area (Å²) >= 11 is 0. The van der Waals surface area contributed by atoms with E-state index in [9.17, 15) is 0 Å². The number of hydrogen-bond acceptors (Lipinski definition) is 11. The van der Waals surface area contributed by atoms with Gasteiger partial charge in [-0.3, -0.25) is 0 Å². The fourth-order valence-corrected chi connectivity index (χ4v) is 4.04. The molecule has 0 spiro atoms. The van der Waals surface area contributed by atoms with Crippen LogP contribution in [0.3, 0.4) is 0 Å². The molecule has 0 unspecified atom stereocenters. The summed E-state index contributed by atoms with van der Waals surface area (Å²) in [5, 5.41) is 14.8. The second-order valence-corrected chi connectivity index (χ2v) is 8.90. The first-order chi connectivity index (χ1) is 19.5. The van der Waals surface area contributed by atoms with Gasteiger partial charge in [-0.1, -0.05) is 18.2 Å². The van der Waals surface area contributed by atoms with Gasteiger partial charge in [-0.05, 0) is 55.3 Å². The van der Waals surface area contributed by atoms with E-state index in [0.29, 0.717) is 23.3 Å². The molecule has 0 amide bonds. The van der Waals surface area contributed by atoms with Gasteiger partial charge in [0.25, 0.3) is 0 Å². The molecule has 0 atom stereocenters. The van der Waals surface area contributed by atoms with E-state index in [1.165, 1.54) is 0 Å². The number of morpholine rings is 1. The summed E-state index contributed by atoms with van der Waals surface area (Å²) in [4.78, 5) is 19.7. The van der Waals surface area contributed by atoms with E-state index in [0.717, 1.165) is 60.4 Å². The average Bonchev–Trinajstić information content (AvgIpc) is 2.99. The van der Waals surface area contributed by atoms with Crippen molar-refractivity contribution < 1.29 is 25.8 Å². The summed E-state index contributed by atoms with van der Waals surface area (Å²) in [6, 6.07) is 17.0. The second-order valence-electron chi connectivity index (χ2n) is 8.90. The third kappa shape index (κ3) is 7.49. The zero-order valence-electron chi connectivity index (χ0n) is 23.0. The number of benzene rings is 2. The van der Waals surface area contributed by atoms with Gasteiger partial charge in [0.1, 0.15) is 23.1 Å². The predicted octanol–water partition coefficient (Wildman–Crippen LogP) is 5.61. The number of rotatable bonds is 8. The molecular weight excluding hydrogens is 512 g/mol. The Balaban J connectivity index is 0.000000357. The van der Waals surface area contributed by atoms with Crippen LogP contribution in [0.15, 0.2) is 67.0 Å². The van der Waals surface area contributed by atoms with Crippen molar-refractivity contribution in [3.8, 4) is 17.2 Å². The average molecular weight is 549 g/mol. The monoisotopic (exact) mass is 548 g/mol. The second kappa shape index (κ2) is 14.0. The van der Waals surface area contributed by atoms with Gasteiger partial charge in [-0.2, -0.15) is 4.98 Å². The highest BCUT2D eigenvalue weighted by Crippen LogP contribution is 2.31. The molecule has 2 aromatic carbocycles. The van der Waals surface area contributed by atoms with Gasteiger partial charge < -0.3 is 34.6 Å². The first-order valence-electron chi connectivity index (χ1n) is 12.8. The summed E-state index contributed by atoms with van der Waals surface area (Å²) in [6.45, 7) is 6.94. The van der Waals surface area contributed by atoms with Crippen LogP contribution >= 0.6 is 0 Å².